The van der Waals surface area contributed by atoms with Crippen LogP contribution in [0.15, 0.2) is 0 Å². The molecule has 0 aliphatic carbocycles. The third-order valence-corrected chi connectivity index (χ3v) is 19.6. The van der Waals surface area contributed by atoms with Crippen LogP contribution in [0.1, 0.15) is 375 Å². The highest BCUT2D eigenvalue weighted by molar-refractivity contribution is 7.47. The normalized spacial score (nSPS) is 14.7. The fourth-order valence-corrected chi connectivity index (χ4v) is 12.6. The number of carbonyl (C=O) groups is 4. The first kappa shape index (κ1) is 90.1. The molecule has 546 valence electrons. The SMILES string of the molecule is CCCCCCCCCCC(=O)OC[C@H](COP(=O)(O)OC[C@H](O)COP(=O)(O)OC[C@@H](COC(=O)CCCCCCCCCCCCC(C)CC)OC(=O)CCCCCCCCCCCCCCCCCCCCC(C)CC)OC(=O)CCCCCCCCCC. The highest BCUT2D eigenvalue weighted by Crippen LogP contribution is 2.45. The van der Waals surface area contributed by atoms with Gasteiger partial charge < -0.3 is 33.8 Å². The monoisotopic (exact) mass is 1350 g/mol. The Kier molecular flexibility index (Phi) is 63.7. The van der Waals surface area contributed by atoms with Gasteiger partial charge in [-0.05, 0) is 37.5 Å². The topological polar surface area (TPSA) is 237 Å². The first-order valence-electron chi connectivity index (χ1n) is 38.1. The maximum absolute atomic E-state index is 13.1. The second-order valence-corrected chi connectivity index (χ2v) is 29.7. The Morgan fingerprint density at radius 1 is 0.304 bits per heavy atom. The van der Waals surface area contributed by atoms with Gasteiger partial charge in [-0.15, -0.1) is 0 Å². The van der Waals surface area contributed by atoms with E-state index in [4.69, 9.17) is 37.0 Å². The van der Waals surface area contributed by atoms with E-state index in [-0.39, 0.29) is 25.7 Å². The van der Waals surface area contributed by atoms with Gasteiger partial charge in [-0.3, -0.25) is 37.3 Å². The second kappa shape index (κ2) is 65.0. The van der Waals surface area contributed by atoms with Gasteiger partial charge >= 0.3 is 39.5 Å². The lowest BCUT2D eigenvalue weighted by molar-refractivity contribution is -0.161. The lowest BCUT2D eigenvalue weighted by Gasteiger charge is -2.21. The van der Waals surface area contributed by atoms with Crippen LogP contribution >= 0.6 is 15.6 Å². The van der Waals surface area contributed by atoms with Gasteiger partial charge in [0, 0.05) is 25.7 Å². The molecule has 3 N–H and O–H groups in total. The molecule has 0 bridgehead atoms. The fraction of sp³-hybridized carbons (Fsp3) is 0.945. The molecular weight excluding hydrogens is 1210 g/mol. The van der Waals surface area contributed by atoms with Crippen LogP contribution in [0.2, 0.25) is 0 Å². The van der Waals surface area contributed by atoms with E-state index in [1.807, 2.05) is 0 Å². The molecule has 19 heteroatoms. The molecular formula is C73H142O17P2. The van der Waals surface area contributed by atoms with Crippen molar-refractivity contribution < 1.29 is 80.2 Å². The standard InChI is InChI=1S/C73H142O17P2/c1-7-11-13-15-17-37-43-49-55-70(75)83-61-68(89-72(77)57-51-45-38-18-16-14-12-8-2)63-87-91(79,80)85-59-67(74)60-86-92(81,82)88-64-69(62-84-71(76)56-50-44-39-33-30-29-32-36-42-48-54-66(6)10-4)90-73(78)58-52-46-40-34-28-26-24-22-20-19-21-23-25-27-31-35-41-47-53-65(5)9-3/h65-69,74H,7-64H2,1-6H3,(H,79,80)(H,81,82)/t65?,66?,67-,68+,69+/m0/s1. The molecule has 0 spiro atoms. The minimum Gasteiger partial charge on any atom is -0.462 e. The van der Waals surface area contributed by atoms with E-state index in [0.29, 0.717) is 25.7 Å². The summed E-state index contributed by atoms with van der Waals surface area (Å²) < 4.78 is 68.2. The molecule has 0 aromatic rings. The van der Waals surface area contributed by atoms with Crippen molar-refractivity contribution in [3.63, 3.8) is 0 Å². The van der Waals surface area contributed by atoms with E-state index in [1.54, 1.807) is 0 Å². The summed E-state index contributed by atoms with van der Waals surface area (Å²) in [5, 5.41) is 10.6. The third-order valence-electron chi connectivity index (χ3n) is 17.7. The van der Waals surface area contributed by atoms with Gasteiger partial charge in [0.2, 0.25) is 0 Å². The number of rotatable bonds is 72. The van der Waals surface area contributed by atoms with Crippen LogP contribution in [-0.4, -0.2) is 96.7 Å². The minimum absolute atomic E-state index is 0.105. The van der Waals surface area contributed by atoms with Gasteiger partial charge in [0.1, 0.15) is 19.3 Å². The van der Waals surface area contributed by atoms with Crippen molar-refractivity contribution in [2.24, 2.45) is 11.8 Å². The number of hydrogen-bond acceptors (Lipinski definition) is 15. The van der Waals surface area contributed by atoms with Crippen LogP contribution < -0.4 is 0 Å². The molecule has 17 nitrogen and oxygen atoms in total. The Hall–Kier alpha value is -1.94. The molecule has 0 aliphatic heterocycles. The van der Waals surface area contributed by atoms with Gasteiger partial charge in [-0.25, -0.2) is 9.13 Å². The van der Waals surface area contributed by atoms with Gasteiger partial charge in [-0.2, -0.15) is 0 Å². The van der Waals surface area contributed by atoms with Crippen molar-refractivity contribution in [1.82, 2.24) is 0 Å². The summed E-state index contributed by atoms with van der Waals surface area (Å²) in [6.45, 7) is 9.61. The maximum atomic E-state index is 13.1. The van der Waals surface area contributed by atoms with Crippen molar-refractivity contribution in [3.8, 4) is 0 Å². The largest absolute Gasteiger partial charge is 0.472 e. The zero-order chi connectivity index (χ0) is 67.9. The molecule has 0 fully saturated rings. The van der Waals surface area contributed by atoms with Crippen LogP contribution in [0.5, 0.6) is 0 Å². The predicted octanol–water partition coefficient (Wildman–Crippen LogP) is 21.2. The van der Waals surface area contributed by atoms with Crippen molar-refractivity contribution in [3.05, 3.63) is 0 Å². The predicted molar refractivity (Wildman–Crippen MR) is 372 cm³/mol. The Morgan fingerprint density at radius 3 is 0.772 bits per heavy atom. The van der Waals surface area contributed by atoms with Crippen LogP contribution in [0, 0.1) is 11.8 Å². The molecule has 0 saturated carbocycles. The van der Waals surface area contributed by atoms with Gasteiger partial charge in [0.05, 0.1) is 26.4 Å². The van der Waals surface area contributed by atoms with Crippen molar-refractivity contribution >= 4 is 39.5 Å². The summed E-state index contributed by atoms with van der Waals surface area (Å²) in [5.74, 6) is -0.446. The van der Waals surface area contributed by atoms with E-state index < -0.39 is 97.5 Å². The van der Waals surface area contributed by atoms with Crippen LogP contribution in [0.4, 0.5) is 0 Å². The zero-order valence-electron chi connectivity index (χ0n) is 59.9. The minimum atomic E-state index is -4.95. The van der Waals surface area contributed by atoms with E-state index >= 15 is 0 Å². The first-order valence-corrected chi connectivity index (χ1v) is 41.1. The number of aliphatic hydroxyl groups excluding tert-OH is 1. The van der Waals surface area contributed by atoms with Crippen LogP contribution in [0.3, 0.4) is 0 Å². The Labute approximate surface area is 562 Å². The lowest BCUT2D eigenvalue weighted by Crippen LogP contribution is -2.30. The molecule has 7 atom stereocenters. The zero-order valence-corrected chi connectivity index (χ0v) is 61.6. The number of hydrogen-bond donors (Lipinski definition) is 3. The summed E-state index contributed by atoms with van der Waals surface area (Å²) >= 11 is 0. The Morgan fingerprint density at radius 2 is 0.522 bits per heavy atom. The number of phosphoric acid groups is 2. The summed E-state index contributed by atoms with van der Waals surface area (Å²) in [6.07, 6.45) is 51.5. The highest BCUT2D eigenvalue weighted by Gasteiger charge is 2.30. The number of aliphatic hydroxyl groups is 1. The molecule has 0 saturated heterocycles. The summed E-state index contributed by atoms with van der Waals surface area (Å²) in [4.78, 5) is 72.4. The molecule has 0 aromatic carbocycles. The first-order chi connectivity index (χ1) is 44.4. The Bertz CT molecular complexity index is 1790. The number of ether oxygens (including phenoxy) is 4. The molecule has 4 unspecified atom stereocenters. The lowest BCUT2D eigenvalue weighted by atomic mass is 9.99. The average molecular weight is 1350 g/mol. The van der Waals surface area contributed by atoms with Gasteiger partial charge in [0.15, 0.2) is 12.2 Å². The molecule has 0 rings (SSSR count). The van der Waals surface area contributed by atoms with Crippen LogP contribution in [0.25, 0.3) is 0 Å². The van der Waals surface area contributed by atoms with E-state index in [0.717, 1.165) is 115 Å². The van der Waals surface area contributed by atoms with Crippen LogP contribution in [-0.2, 0) is 65.4 Å². The summed E-state index contributed by atoms with van der Waals surface area (Å²) in [5.41, 5.74) is 0. The van der Waals surface area contributed by atoms with Crippen molar-refractivity contribution in [1.29, 1.82) is 0 Å². The summed E-state index contributed by atoms with van der Waals surface area (Å²) in [7, 11) is -9.90. The molecule has 0 aromatic heterocycles. The van der Waals surface area contributed by atoms with E-state index in [1.165, 1.54) is 180 Å². The fourth-order valence-electron chi connectivity index (χ4n) is 11.1. The summed E-state index contributed by atoms with van der Waals surface area (Å²) in [6, 6.07) is 0. The third kappa shape index (κ3) is 64.1. The van der Waals surface area contributed by atoms with Crippen molar-refractivity contribution in [2.75, 3.05) is 39.6 Å². The molecule has 92 heavy (non-hydrogen) atoms. The molecule has 0 heterocycles. The molecule has 0 amide bonds. The number of phosphoric ester groups is 2. The van der Waals surface area contributed by atoms with Gasteiger partial charge in [-0.1, -0.05) is 324 Å². The smallest absolute Gasteiger partial charge is 0.462 e. The van der Waals surface area contributed by atoms with Crippen molar-refractivity contribution in [2.45, 2.75) is 394 Å². The molecule has 0 aliphatic rings. The Balaban J connectivity index is 5.13. The number of unbranched alkanes of at least 4 members (excludes halogenated alkanes) is 40. The average Bonchev–Trinajstić information content (AvgIpc) is 2.41. The number of esters is 4. The second-order valence-electron chi connectivity index (χ2n) is 26.8. The quantitative estimate of drug-likeness (QED) is 0.0222. The maximum Gasteiger partial charge on any atom is 0.472 e. The van der Waals surface area contributed by atoms with Gasteiger partial charge in [0.25, 0.3) is 0 Å². The molecule has 0 radical (unpaired) electrons. The van der Waals surface area contributed by atoms with E-state index in [9.17, 15) is 43.2 Å². The van der Waals surface area contributed by atoms with E-state index in [2.05, 4.69) is 41.5 Å². The highest BCUT2D eigenvalue weighted by atomic mass is 31.2. The number of carbonyl (C=O) groups excluding carboxylic acids is 4.